The second-order valence-electron chi connectivity index (χ2n) is 4.87. The van der Waals surface area contributed by atoms with E-state index in [0.29, 0.717) is 25.4 Å². The number of carbonyl (C=O) groups excluding carboxylic acids is 1. The van der Waals surface area contributed by atoms with Gasteiger partial charge in [0.1, 0.15) is 0 Å². The third-order valence-corrected chi connectivity index (χ3v) is 2.69. The molecule has 0 fully saturated rings. The van der Waals surface area contributed by atoms with Crippen LogP contribution in [-0.2, 0) is 17.9 Å². The van der Waals surface area contributed by atoms with E-state index in [9.17, 15) is 4.79 Å². The van der Waals surface area contributed by atoms with Crippen molar-refractivity contribution in [3.8, 4) is 0 Å². The van der Waals surface area contributed by atoms with Gasteiger partial charge in [-0.25, -0.2) is 0 Å². The Balaban J connectivity index is 2.55. The Morgan fingerprint density at radius 1 is 1.24 bits per heavy atom. The van der Waals surface area contributed by atoms with Gasteiger partial charge >= 0.3 is 0 Å². The zero-order chi connectivity index (χ0) is 12.8. The molecule has 0 aliphatic rings. The van der Waals surface area contributed by atoms with Crippen LogP contribution < -0.4 is 5.73 Å². The summed E-state index contributed by atoms with van der Waals surface area (Å²) in [5.74, 6) is 0.604. The molecule has 3 nitrogen and oxygen atoms in total. The van der Waals surface area contributed by atoms with Gasteiger partial charge in [-0.2, -0.15) is 0 Å². The molecule has 0 aliphatic carbocycles. The lowest BCUT2D eigenvalue weighted by Gasteiger charge is -2.18. The van der Waals surface area contributed by atoms with Crippen molar-refractivity contribution >= 4 is 5.91 Å². The fourth-order valence-electron chi connectivity index (χ4n) is 1.65. The minimum absolute atomic E-state index is 0.197. The highest BCUT2D eigenvalue weighted by atomic mass is 16.2. The Morgan fingerprint density at radius 3 is 2.24 bits per heavy atom. The van der Waals surface area contributed by atoms with Gasteiger partial charge in [-0.15, -0.1) is 0 Å². The number of hydrogen-bond donors (Lipinski definition) is 1. The molecule has 0 heterocycles. The van der Waals surface area contributed by atoms with E-state index in [2.05, 4.69) is 13.8 Å². The van der Waals surface area contributed by atoms with Crippen LogP contribution in [0.5, 0.6) is 0 Å². The molecular formula is C14H22N2O. The van der Waals surface area contributed by atoms with Crippen molar-refractivity contribution < 1.29 is 4.79 Å². The summed E-state index contributed by atoms with van der Waals surface area (Å²) in [6.07, 6.45) is 0.609. The number of amides is 1. The molecule has 2 N–H and O–H groups in total. The van der Waals surface area contributed by atoms with Crippen molar-refractivity contribution in [3.05, 3.63) is 35.4 Å². The van der Waals surface area contributed by atoms with E-state index in [1.807, 2.05) is 31.3 Å². The Bertz CT molecular complexity index is 357. The Morgan fingerprint density at radius 2 is 1.76 bits per heavy atom. The van der Waals surface area contributed by atoms with Crippen LogP contribution in [0.1, 0.15) is 31.4 Å². The molecule has 94 valence electrons. The predicted octanol–water partition coefficient (Wildman–Crippen LogP) is 2.15. The molecule has 0 unspecified atom stereocenters. The third-order valence-electron chi connectivity index (χ3n) is 2.69. The van der Waals surface area contributed by atoms with Gasteiger partial charge in [0.05, 0.1) is 0 Å². The minimum atomic E-state index is 0.197. The summed E-state index contributed by atoms with van der Waals surface area (Å²) in [7, 11) is 1.85. The number of nitrogens with two attached hydrogens (primary N) is 1. The summed E-state index contributed by atoms with van der Waals surface area (Å²) >= 11 is 0. The first-order chi connectivity index (χ1) is 8.02. The van der Waals surface area contributed by atoms with Gasteiger partial charge in [0.25, 0.3) is 0 Å². The number of hydrogen-bond acceptors (Lipinski definition) is 2. The van der Waals surface area contributed by atoms with Gasteiger partial charge in [0.15, 0.2) is 0 Å². The highest BCUT2D eigenvalue weighted by Crippen LogP contribution is 2.09. The van der Waals surface area contributed by atoms with E-state index < -0.39 is 0 Å². The predicted molar refractivity (Wildman–Crippen MR) is 70.3 cm³/mol. The summed E-state index contributed by atoms with van der Waals surface area (Å²) in [6, 6.07) is 8.08. The maximum Gasteiger partial charge on any atom is 0.222 e. The van der Waals surface area contributed by atoms with E-state index in [1.54, 1.807) is 4.90 Å². The summed E-state index contributed by atoms with van der Waals surface area (Å²) in [5, 5.41) is 0. The molecule has 0 saturated carbocycles. The highest BCUT2D eigenvalue weighted by Gasteiger charge is 2.10. The van der Waals surface area contributed by atoms with Crippen LogP contribution in [0.4, 0.5) is 0 Å². The lowest BCUT2D eigenvalue weighted by atomic mass is 10.1. The van der Waals surface area contributed by atoms with Crippen LogP contribution >= 0.6 is 0 Å². The monoisotopic (exact) mass is 234 g/mol. The Hall–Kier alpha value is -1.35. The summed E-state index contributed by atoms with van der Waals surface area (Å²) in [5.41, 5.74) is 7.80. The zero-order valence-electron chi connectivity index (χ0n) is 10.9. The molecule has 0 spiro atoms. The number of rotatable bonds is 5. The van der Waals surface area contributed by atoms with Crippen molar-refractivity contribution in [2.45, 2.75) is 33.4 Å². The molecule has 1 aromatic carbocycles. The molecule has 17 heavy (non-hydrogen) atoms. The molecule has 0 radical (unpaired) electrons. The van der Waals surface area contributed by atoms with Crippen molar-refractivity contribution in [2.24, 2.45) is 11.7 Å². The average Bonchev–Trinajstić information content (AvgIpc) is 2.29. The van der Waals surface area contributed by atoms with E-state index in [1.165, 1.54) is 0 Å². The molecule has 1 rings (SSSR count). The molecule has 0 aromatic heterocycles. The topological polar surface area (TPSA) is 46.3 Å². The zero-order valence-corrected chi connectivity index (χ0v) is 10.9. The van der Waals surface area contributed by atoms with Crippen molar-refractivity contribution in [3.63, 3.8) is 0 Å². The second kappa shape index (κ2) is 6.40. The number of benzene rings is 1. The largest absolute Gasteiger partial charge is 0.341 e. The van der Waals surface area contributed by atoms with Crippen molar-refractivity contribution in [1.29, 1.82) is 0 Å². The fraction of sp³-hybridized carbons (Fsp3) is 0.500. The second-order valence-corrected chi connectivity index (χ2v) is 4.87. The maximum absolute atomic E-state index is 11.8. The van der Waals surface area contributed by atoms with Crippen LogP contribution in [0.15, 0.2) is 24.3 Å². The lowest BCUT2D eigenvalue weighted by Crippen LogP contribution is -2.27. The molecule has 0 atom stereocenters. The van der Waals surface area contributed by atoms with Gasteiger partial charge in [-0.3, -0.25) is 4.79 Å². The lowest BCUT2D eigenvalue weighted by molar-refractivity contribution is -0.131. The van der Waals surface area contributed by atoms with Gasteiger partial charge in [0, 0.05) is 26.6 Å². The molecule has 0 saturated heterocycles. The first kappa shape index (κ1) is 13.7. The Kier molecular flexibility index (Phi) is 5.16. The standard InChI is InChI=1S/C14H22N2O/c1-11(2)8-14(17)16(3)10-13-6-4-12(9-15)5-7-13/h4-7,11H,8-10,15H2,1-3H3. The fourth-order valence-corrected chi connectivity index (χ4v) is 1.65. The van der Waals surface area contributed by atoms with Gasteiger partial charge < -0.3 is 10.6 Å². The first-order valence-corrected chi connectivity index (χ1v) is 6.04. The van der Waals surface area contributed by atoms with Crippen LogP contribution in [0.2, 0.25) is 0 Å². The smallest absolute Gasteiger partial charge is 0.222 e. The average molecular weight is 234 g/mol. The summed E-state index contributed by atoms with van der Waals surface area (Å²) < 4.78 is 0. The third kappa shape index (κ3) is 4.57. The van der Waals surface area contributed by atoms with Crippen LogP contribution in [0, 0.1) is 5.92 Å². The molecule has 3 heteroatoms. The van der Waals surface area contributed by atoms with Gasteiger partial charge in [-0.1, -0.05) is 38.1 Å². The molecule has 1 aromatic rings. The molecule has 0 bridgehead atoms. The van der Waals surface area contributed by atoms with Gasteiger partial charge in [0.2, 0.25) is 5.91 Å². The summed E-state index contributed by atoms with van der Waals surface area (Å²) in [4.78, 5) is 13.6. The maximum atomic E-state index is 11.8. The molecule has 1 amide bonds. The molecular weight excluding hydrogens is 212 g/mol. The number of carbonyl (C=O) groups is 1. The quantitative estimate of drug-likeness (QED) is 0.848. The first-order valence-electron chi connectivity index (χ1n) is 6.04. The van der Waals surface area contributed by atoms with Crippen LogP contribution in [0.25, 0.3) is 0 Å². The van der Waals surface area contributed by atoms with Crippen molar-refractivity contribution in [2.75, 3.05) is 7.05 Å². The van der Waals surface area contributed by atoms with E-state index >= 15 is 0 Å². The van der Waals surface area contributed by atoms with E-state index in [4.69, 9.17) is 5.73 Å². The summed E-state index contributed by atoms with van der Waals surface area (Å²) in [6.45, 7) is 5.34. The van der Waals surface area contributed by atoms with Crippen molar-refractivity contribution in [1.82, 2.24) is 4.90 Å². The van der Waals surface area contributed by atoms with Gasteiger partial charge in [-0.05, 0) is 17.0 Å². The van der Waals surface area contributed by atoms with Crippen LogP contribution in [0.3, 0.4) is 0 Å². The van der Waals surface area contributed by atoms with E-state index in [-0.39, 0.29) is 5.91 Å². The number of nitrogens with zero attached hydrogens (tertiary/aromatic N) is 1. The normalized spacial score (nSPS) is 10.6. The minimum Gasteiger partial charge on any atom is -0.341 e. The molecule has 0 aliphatic heterocycles. The van der Waals surface area contributed by atoms with E-state index in [0.717, 1.165) is 11.1 Å². The Labute approximate surface area is 104 Å². The van der Waals surface area contributed by atoms with Crippen LogP contribution in [-0.4, -0.2) is 17.9 Å². The highest BCUT2D eigenvalue weighted by molar-refractivity contribution is 5.76. The SMILES string of the molecule is CC(C)CC(=O)N(C)Cc1ccc(CN)cc1.